The van der Waals surface area contributed by atoms with Crippen molar-refractivity contribution in [1.29, 1.82) is 0 Å². The number of amides is 2. The Balaban J connectivity index is 1.34. The summed E-state index contributed by atoms with van der Waals surface area (Å²) in [6.07, 6.45) is 6.64. The van der Waals surface area contributed by atoms with E-state index in [0.29, 0.717) is 24.8 Å². The normalized spacial score (nSPS) is 17.0. The van der Waals surface area contributed by atoms with Crippen LogP contribution in [0.1, 0.15) is 80.7 Å². The summed E-state index contributed by atoms with van der Waals surface area (Å²) in [6.45, 7) is 15.6. The van der Waals surface area contributed by atoms with Crippen LogP contribution in [0.4, 0.5) is 4.79 Å². The van der Waals surface area contributed by atoms with Gasteiger partial charge in [-0.3, -0.25) is 20.1 Å². The Kier molecular flexibility index (Phi) is 10.1. The summed E-state index contributed by atoms with van der Waals surface area (Å²) < 4.78 is 5.46. The molecule has 1 atom stereocenters. The van der Waals surface area contributed by atoms with Crippen molar-refractivity contribution in [2.45, 2.75) is 84.7 Å². The van der Waals surface area contributed by atoms with Gasteiger partial charge in [-0.2, -0.15) is 0 Å². The first kappa shape index (κ1) is 34.2. The maximum atomic E-state index is 13.7. The lowest BCUT2D eigenvalue weighted by molar-refractivity contribution is -0.135. The summed E-state index contributed by atoms with van der Waals surface area (Å²) in [5.41, 5.74) is 8.35. The molecule has 0 spiro atoms. The highest BCUT2D eigenvalue weighted by atomic mass is 16.6. The van der Waals surface area contributed by atoms with Gasteiger partial charge in [0.05, 0.1) is 11.5 Å². The van der Waals surface area contributed by atoms with Crippen LogP contribution in [-0.2, 0) is 21.4 Å². The predicted octanol–water partition coefficient (Wildman–Crippen LogP) is 7.27. The van der Waals surface area contributed by atoms with E-state index >= 15 is 0 Å². The van der Waals surface area contributed by atoms with Crippen molar-refractivity contribution in [2.24, 2.45) is 4.99 Å². The first-order valence-corrected chi connectivity index (χ1v) is 17.7. The van der Waals surface area contributed by atoms with Crippen LogP contribution in [0.25, 0.3) is 22.2 Å². The van der Waals surface area contributed by atoms with Crippen molar-refractivity contribution in [2.75, 3.05) is 32.7 Å². The Morgan fingerprint density at radius 3 is 2.41 bits per heavy atom. The van der Waals surface area contributed by atoms with Crippen molar-refractivity contribution >= 4 is 28.9 Å². The molecule has 2 aliphatic rings. The van der Waals surface area contributed by atoms with Gasteiger partial charge in [-0.25, -0.2) is 4.79 Å². The van der Waals surface area contributed by atoms with Crippen molar-refractivity contribution in [3.8, 4) is 11.3 Å². The number of H-pyrrole nitrogens is 1. The number of benzene rings is 2. The summed E-state index contributed by atoms with van der Waals surface area (Å²) in [6, 6.07) is 17.1. The second-order valence-corrected chi connectivity index (χ2v) is 14.5. The van der Waals surface area contributed by atoms with Crippen molar-refractivity contribution < 1.29 is 14.3 Å². The van der Waals surface area contributed by atoms with Gasteiger partial charge in [-0.15, -0.1) is 0 Å². The predicted molar refractivity (Wildman–Crippen MR) is 196 cm³/mol. The topological polar surface area (TPSA) is 103 Å². The Hall–Kier alpha value is -4.66. The molecule has 2 aromatic carbocycles. The number of ether oxygens (including phenoxy) is 1. The number of nitrogens with one attached hydrogen (secondary N) is 2. The minimum absolute atomic E-state index is 0.181. The minimum Gasteiger partial charge on any atom is -0.447 e. The van der Waals surface area contributed by atoms with Gasteiger partial charge in [0.1, 0.15) is 0 Å². The van der Waals surface area contributed by atoms with Crippen LogP contribution in [0.5, 0.6) is 0 Å². The van der Waals surface area contributed by atoms with E-state index in [1.165, 1.54) is 16.7 Å². The molecule has 2 N–H and O–H groups in total. The second-order valence-electron chi connectivity index (χ2n) is 14.5. The number of fused-ring (bicyclic) bond motifs is 1. The van der Waals surface area contributed by atoms with Gasteiger partial charge in [0.25, 0.3) is 0 Å². The molecule has 4 heterocycles. The number of carbonyl (C=O) groups excluding carboxylic acids is 2. The van der Waals surface area contributed by atoms with Gasteiger partial charge in [-0.1, -0.05) is 23.3 Å². The summed E-state index contributed by atoms with van der Waals surface area (Å²) in [5, 5.41) is 4.06. The third-order valence-electron chi connectivity index (χ3n) is 9.91. The maximum absolute atomic E-state index is 13.7. The van der Waals surface area contributed by atoms with Crippen molar-refractivity contribution in [3.63, 3.8) is 0 Å². The molecule has 0 saturated carbocycles. The van der Waals surface area contributed by atoms with Crippen LogP contribution in [0.3, 0.4) is 0 Å². The number of hydrogen-bond acceptors (Lipinski definition) is 5. The number of carbonyl (C=O) groups is 2. The molecule has 2 aromatic heterocycles. The lowest BCUT2D eigenvalue weighted by Crippen LogP contribution is -2.44. The van der Waals surface area contributed by atoms with Crippen molar-refractivity contribution in [1.82, 2.24) is 25.1 Å². The van der Waals surface area contributed by atoms with Crippen LogP contribution in [0, 0.1) is 13.8 Å². The molecule has 6 rings (SSSR count). The van der Waals surface area contributed by atoms with E-state index in [9.17, 15) is 9.59 Å². The number of alkyl carbamates (subject to hydrolysis) is 1. The Morgan fingerprint density at radius 1 is 1.00 bits per heavy atom. The number of rotatable bonds is 8. The number of aromatic amines is 1. The summed E-state index contributed by atoms with van der Waals surface area (Å²) >= 11 is 0. The molecule has 2 saturated heterocycles. The molecule has 0 aliphatic carbocycles. The monoisotopic (exact) mass is 662 g/mol. The fraction of sp³-hybridized carbons (Fsp3) is 0.450. The average Bonchev–Trinajstić information content (AvgIpc) is 3.84. The molecular weight excluding hydrogens is 612 g/mol. The highest BCUT2D eigenvalue weighted by Crippen LogP contribution is 2.36. The van der Waals surface area contributed by atoms with Crippen molar-refractivity contribution in [3.05, 3.63) is 88.7 Å². The van der Waals surface area contributed by atoms with Crippen LogP contribution < -0.4 is 5.32 Å². The fourth-order valence-electron chi connectivity index (χ4n) is 7.39. The highest BCUT2D eigenvalue weighted by Gasteiger charge is 2.35. The molecule has 2 aliphatic heterocycles. The zero-order chi connectivity index (χ0) is 34.7. The lowest BCUT2D eigenvalue weighted by Gasteiger charge is -2.29. The van der Waals surface area contributed by atoms with Crippen LogP contribution in [0.15, 0.2) is 65.9 Å². The number of nitrogens with zero attached hydrogens (tertiary/aromatic N) is 4. The zero-order valence-corrected chi connectivity index (χ0v) is 29.8. The van der Waals surface area contributed by atoms with Gasteiger partial charge in [0.15, 0.2) is 0 Å². The minimum atomic E-state index is -0.652. The zero-order valence-electron chi connectivity index (χ0n) is 29.8. The summed E-state index contributed by atoms with van der Waals surface area (Å²) in [7, 11) is 0. The summed E-state index contributed by atoms with van der Waals surface area (Å²) in [5.74, 6) is 1.04. The number of pyridine rings is 1. The van der Waals surface area contributed by atoms with E-state index in [0.717, 1.165) is 78.7 Å². The molecule has 258 valence electrons. The Bertz CT molecular complexity index is 1820. The standard InChI is InChI=1S/C40H50N6O3/c1-26(2)49-39(48)44-38(46-20-14-30(25-46)29-11-15-41-16-12-29)42-17-13-33-34-24-32(40(5,6)37(47)45-18-7-8-19-45)9-10-35(34)43-36(33)31-22-27(3)21-28(4)23-31/h9-12,15-16,21-24,26,30,43H,7-8,13-14,17-20,25H2,1-6H3,(H,42,44,48). The Labute approximate surface area is 290 Å². The average molecular weight is 663 g/mol. The molecule has 0 bridgehead atoms. The lowest BCUT2D eigenvalue weighted by atomic mass is 9.82. The third-order valence-corrected chi connectivity index (χ3v) is 9.91. The molecular formula is C40H50N6O3. The molecule has 49 heavy (non-hydrogen) atoms. The van der Waals surface area contributed by atoms with Gasteiger partial charge in [0.2, 0.25) is 11.9 Å². The van der Waals surface area contributed by atoms with Gasteiger partial charge < -0.3 is 19.5 Å². The first-order chi connectivity index (χ1) is 23.5. The van der Waals surface area contributed by atoms with E-state index in [4.69, 9.17) is 9.73 Å². The van der Waals surface area contributed by atoms with Gasteiger partial charge in [0, 0.05) is 67.6 Å². The van der Waals surface area contributed by atoms with Gasteiger partial charge >= 0.3 is 6.09 Å². The smallest absolute Gasteiger partial charge is 0.414 e. The molecule has 1 unspecified atom stereocenters. The van der Waals surface area contributed by atoms with E-state index in [1.54, 1.807) is 0 Å². The molecule has 9 nitrogen and oxygen atoms in total. The fourth-order valence-corrected chi connectivity index (χ4v) is 7.39. The molecule has 2 fully saturated rings. The van der Waals surface area contributed by atoms with E-state index in [-0.39, 0.29) is 12.0 Å². The number of likely N-dealkylation sites (tertiary alicyclic amines) is 2. The molecule has 9 heteroatoms. The first-order valence-electron chi connectivity index (χ1n) is 17.7. The number of aliphatic imine (C=N–C) groups is 1. The van der Waals surface area contributed by atoms with E-state index < -0.39 is 11.5 Å². The number of guanidine groups is 1. The Morgan fingerprint density at radius 2 is 1.71 bits per heavy atom. The largest absolute Gasteiger partial charge is 0.447 e. The van der Waals surface area contributed by atoms with Crippen LogP contribution in [-0.4, -0.2) is 76.6 Å². The van der Waals surface area contributed by atoms with E-state index in [2.05, 4.69) is 82.6 Å². The van der Waals surface area contributed by atoms with Gasteiger partial charge in [-0.05, 0) is 126 Å². The third kappa shape index (κ3) is 7.66. The molecule has 2 amide bonds. The van der Waals surface area contributed by atoms with Crippen LogP contribution >= 0.6 is 0 Å². The quantitative estimate of drug-likeness (QED) is 0.153. The second kappa shape index (κ2) is 14.4. The van der Waals surface area contributed by atoms with Crippen LogP contribution in [0.2, 0.25) is 0 Å². The highest BCUT2D eigenvalue weighted by molar-refractivity contribution is 5.95. The number of aryl methyl sites for hydroxylation is 2. The SMILES string of the molecule is Cc1cc(C)cc(-c2[nH]c3ccc(C(C)(C)C(=O)N4CCCC4)cc3c2CCN=C(NC(=O)OC(C)C)N2CCC(c3ccncc3)C2)c1. The number of aromatic nitrogens is 2. The van der Waals surface area contributed by atoms with E-state index in [1.807, 2.05) is 45.0 Å². The number of hydrogen-bond donors (Lipinski definition) is 2. The molecule has 4 aromatic rings. The molecule has 0 radical (unpaired) electrons. The summed E-state index contributed by atoms with van der Waals surface area (Å²) in [4.78, 5) is 43.6. The maximum Gasteiger partial charge on any atom is 0.414 e.